The van der Waals surface area contributed by atoms with Crippen LogP contribution in [0.4, 0.5) is 0 Å². The van der Waals surface area contributed by atoms with Crippen LogP contribution in [0.15, 0.2) is 0 Å². The first-order valence-corrected chi connectivity index (χ1v) is 7.15. The first kappa shape index (κ1) is 12.4. The summed E-state index contributed by atoms with van der Waals surface area (Å²) >= 11 is 0. The molecule has 2 heteroatoms. The maximum Gasteiger partial charge on any atom is 0.0154 e. The predicted molar refractivity (Wildman–Crippen MR) is 69.5 cm³/mol. The average Bonchev–Trinajstić information content (AvgIpc) is 2.29. The van der Waals surface area contributed by atoms with Crippen molar-refractivity contribution in [1.82, 2.24) is 4.90 Å². The van der Waals surface area contributed by atoms with E-state index in [0.29, 0.717) is 0 Å². The molecule has 1 aliphatic carbocycles. The van der Waals surface area contributed by atoms with Crippen LogP contribution in [0.1, 0.15) is 57.8 Å². The van der Waals surface area contributed by atoms with E-state index in [1.165, 1.54) is 70.9 Å². The standard InChI is InChI=1S/C14H28N2/c1-16-11-6-13(7-12-16)5-10-14(15)8-3-2-4-9-14/h13H,2-12,15H2,1H3. The van der Waals surface area contributed by atoms with Crippen molar-refractivity contribution >= 4 is 0 Å². The third kappa shape index (κ3) is 3.46. The topological polar surface area (TPSA) is 29.3 Å². The number of piperidine rings is 1. The molecular formula is C14H28N2. The van der Waals surface area contributed by atoms with E-state index in [1.54, 1.807) is 0 Å². The monoisotopic (exact) mass is 224 g/mol. The van der Waals surface area contributed by atoms with Crippen LogP contribution in [-0.2, 0) is 0 Å². The van der Waals surface area contributed by atoms with E-state index in [0.717, 1.165) is 5.92 Å². The van der Waals surface area contributed by atoms with Gasteiger partial charge >= 0.3 is 0 Å². The highest BCUT2D eigenvalue weighted by Crippen LogP contribution is 2.32. The SMILES string of the molecule is CN1CCC(CCC2(N)CCCCC2)CC1. The maximum atomic E-state index is 6.49. The molecule has 2 aliphatic rings. The van der Waals surface area contributed by atoms with Crippen LogP contribution in [0.5, 0.6) is 0 Å². The number of likely N-dealkylation sites (tertiary alicyclic amines) is 1. The molecule has 0 aromatic rings. The van der Waals surface area contributed by atoms with E-state index in [4.69, 9.17) is 5.73 Å². The van der Waals surface area contributed by atoms with Crippen molar-refractivity contribution in [1.29, 1.82) is 0 Å². The fourth-order valence-corrected chi connectivity index (χ4v) is 3.35. The Morgan fingerprint density at radius 3 is 2.38 bits per heavy atom. The number of rotatable bonds is 3. The molecule has 16 heavy (non-hydrogen) atoms. The molecule has 0 unspecified atom stereocenters. The van der Waals surface area contributed by atoms with Gasteiger partial charge in [0, 0.05) is 5.54 Å². The second kappa shape index (κ2) is 5.50. The molecule has 0 atom stereocenters. The highest BCUT2D eigenvalue weighted by atomic mass is 15.1. The normalized spacial score (nSPS) is 28.1. The Balaban J connectivity index is 1.70. The molecule has 0 aromatic heterocycles. The van der Waals surface area contributed by atoms with Crippen LogP contribution < -0.4 is 5.73 Å². The molecule has 94 valence electrons. The Hall–Kier alpha value is -0.0800. The van der Waals surface area contributed by atoms with Crippen LogP contribution in [0.2, 0.25) is 0 Å². The van der Waals surface area contributed by atoms with Gasteiger partial charge in [0.1, 0.15) is 0 Å². The van der Waals surface area contributed by atoms with Gasteiger partial charge in [0.15, 0.2) is 0 Å². The summed E-state index contributed by atoms with van der Waals surface area (Å²) in [6.07, 6.45) is 12.1. The first-order chi connectivity index (χ1) is 7.68. The Bertz CT molecular complexity index is 201. The Labute approximate surface area is 101 Å². The van der Waals surface area contributed by atoms with Crippen LogP contribution >= 0.6 is 0 Å². The third-order valence-electron chi connectivity index (χ3n) is 4.74. The molecule has 0 bridgehead atoms. The maximum absolute atomic E-state index is 6.49. The predicted octanol–water partition coefficient (Wildman–Crippen LogP) is 2.77. The summed E-state index contributed by atoms with van der Waals surface area (Å²) in [5.41, 5.74) is 6.70. The minimum absolute atomic E-state index is 0.210. The molecule has 2 nitrogen and oxygen atoms in total. The molecule has 0 amide bonds. The number of hydrogen-bond donors (Lipinski definition) is 1. The lowest BCUT2D eigenvalue weighted by atomic mass is 9.77. The lowest BCUT2D eigenvalue weighted by molar-refractivity contribution is 0.188. The van der Waals surface area contributed by atoms with Gasteiger partial charge < -0.3 is 10.6 Å². The summed E-state index contributed by atoms with van der Waals surface area (Å²) in [6, 6.07) is 0. The van der Waals surface area contributed by atoms with Crippen LogP contribution in [0, 0.1) is 5.92 Å². The fraction of sp³-hybridized carbons (Fsp3) is 1.00. The third-order valence-corrected chi connectivity index (χ3v) is 4.74. The van der Waals surface area contributed by atoms with Crippen LogP contribution in [0.25, 0.3) is 0 Å². The van der Waals surface area contributed by atoms with Crippen molar-refractivity contribution in [2.24, 2.45) is 11.7 Å². The minimum atomic E-state index is 0.210. The molecule has 2 rings (SSSR count). The zero-order chi connectivity index (χ0) is 11.4. The quantitative estimate of drug-likeness (QED) is 0.798. The molecule has 0 aromatic carbocycles. The zero-order valence-electron chi connectivity index (χ0n) is 10.9. The minimum Gasteiger partial charge on any atom is -0.325 e. The summed E-state index contributed by atoms with van der Waals surface area (Å²) in [4.78, 5) is 2.45. The molecule has 1 saturated heterocycles. The van der Waals surface area contributed by atoms with E-state index >= 15 is 0 Å². The second-order valence-electron chi connectivity index (χ2n) is 6.21. The van der Waals surface area contributed by atoms with Gasteiger partial charge in [-0.2, -0.15) is 0 Å². The molecule has 1 heterocycles. The van der Waals surface area contributed by atoms with Gasteiger partial charge in [-0.1, -0.05) is 19.3 Å². The van der Waals surface area contributed by atoms with Crippen molar-refractivity contribution in [2.45, 2.75) is 63.3 Å². The van der Waals surface area contributed by atoms with Gasteiger partial charge in [0.2, 0.25) is 0 Å². The average molecular weight is 224 g/mol. The van der Waals surface area contributed by atoms with Gasteiger partial charge in [-0.05, 0) is 64.6 Å². The highest BCUT2D eigenvalue weighted by Gasteiger charge is 2.28. The van der Waals surface area contributed by atoms with Crippen LogP contribution in [0.3, 0.4) is 0 Å². The number of hydrogen-bond acceptors (Lipinski definition) is 2. The summed E-state index contributed by atoms with van der Waals surface area (Å²) in [5, 5.41) is 0. The summed E-state index contributed by atoms with van der Waals surface area (Å²) < 4.78 is 0. The van der Waals surface area contributed by atoms with Crippen molar-refractivity contribution in [3.8, 4) is 0 Å². The summed E-state index contributed by atoms with van der Waals surface area (Å²) in [6.45, 7) is 2.59. The number of nitrogens with two attached hydrogens (primary N) is 1. The lowest BCUT2D eigenvalue weighted by Crippen LogP contribution is -2.42. The molecule has 2 fully saturated rings. The van der Waals surface area contributed by atoms with E-state index in [1.807, 2.05) is 0 Å². The first-order valence-electron chi connectivity index (χ1n) is 7.15. The van der Waals surface area contributed by atoms with Crippen LogP contribution in [-0.4, -0.2) is 30.6 Å². The van der Waals surface area contributed by atoms with Gasteiger partial charge in [0.05, 0.1) is 0 Å². The smallest absolute Gasteiger partial charge is 0.0154 e. The van der Waals surface area contributed by atoms with Gasteiger partial charge in [-0.15, -0.1) is 0 Å². The molecule has 1 saturated carbocycles. The van der Waals surface area contributed by atoms with E-state index in [9.17, 15) is 0 Å². The molecule has 2 N–H and O–H groups in total. The largest absolute Gasteiger partial charge is 0.325 e. The fourth-order valence-electron chi connectivity index (χ4n) is 3.35. The summed E-state index contributed by atoms with van der Waals surface area (Å²) in [5.74, 6) is 0.957. The van der Waals surface area contributed by atoms with Crippen molar-refractivity contribution in [2.75, 3.05) is 20.1 Å². The van der Waals surface area contributed by atoms with Crippen molar-refractivity contribution < 1.29 is 0 Å². The Morgan fingerprint density at radius 2 is 1.75 bits per heavy atom. The lowest BCUT2D eigenvalue weighted by Gasteiger charge is -2.36. The highest BCUT2D eigenvalue weighted by molar-refractivity contribution is 4.88. The van der Waals surface area contributed by atoms with E-state index < -0.39 is 0 Å². The number of nitrogens with zero attached hydrogens (tertiary/aromatic N) is 1. The second-order valence-corrected chi connectivity index (χ2v) is 6.21. The molecular weight excluding hydrogens is 196 g/mol. The molecule has 0 radical (unpaired) electrons. The molecule has 1 aliphatic heterocycles. The Morgan fingerprint density at radius 1 is 1.12 bits per heavy atom. The summed E-state index contributed by atoms with van der Waals surface area (Å²) in [7, 11) is 2.24. The van der Waals surface area contributed by atoms with Crippen molar-refractivity contribution in [3.05, 3.63) is 0 Å². The van der Waals surface area contributed by atoms with Gasteiger partial charge in [0.25, 0.3) is 0 Å². The van der Waals surface area contributed by atoms with Crippen molar-refractivity contribution in [3.63, 3.8) is 0 Å². The van der Waals surface area contributed by atoms with E-state index in [-0.39, 0.29) is 5.54 Å². The van der Waals surface area contributed by atoms with Gasteiger partial charge in [-0.3, -0.25) is 0 Å². The Kier molecular flexibility index (Phi) is 4.26. The van der Waals surface area contributed by atoms with E-state index in [2.05, 4.69) is 11.9 Å². The van der Waals surface area contributed by atoms with Gasteiger partial charge in [-0.25, -0.2) is 0 Å². The molecule has 0 spiro atoms. The zero-order valence-corrected chi connectivity index (χ0v) is 10.9.